The van der Waals surface area contributed by atoms with E-state index in [1.54, 1.807) is 4.52 Å². The minimum atomic E-state index is -0.968. The molecule has 0 spiro atoms. The molecule has 0 atom stereocenters. The summed E-state index contributed by atoms with van der Waals surface area (Å²) in [6.45, 7) is 19.3. The number of carbonyl (C=O) groups is 1. The van der Waals surface area contributed by atoms with E-state index in [1.165, 1.54) is 6.07 Å². The maximum absolute atomic E-state index is 15.4. The molecule has 3 heterocycles. The normalized spacial score (nSPS) is 13.9. The summed E-state index contributed by atoms with van der Waals surface area (Å²) in [6, 6.07) is 3.44. The fourth-order valence-electron chi connectivity index (χ4n) is 5.12. The maximum Gasteiger partial charge on any atom is 0.307 e. The predicted octanol–water partition coefficient (Wildman–Crippen LogP) is 6.78. The van der Waals surface area contributed by atoms with E-state index < -0.39 is 11.8 Å². The Bertz CT molecular complexity index is 1360. The average molecular weight is 539 g/mol. The van der Waals surface area contributed by atoms with Crippen LogP contribution < -0.4 is 9.64 Å². The molecule has 0 amide bonds. The van der Waals surface area contributed by atoms with Crippen molar-refractivity contribution in [2.75, 3.05) is 24.6 Å². The number of nitrogens with zero attached hydrogens (tertiary/aromatic N) is 4. The van der Waals surface area contributed by atoms with E-state index in [-0.39, 0.29) is 17.3 Å². The van der Waals surface area contributed by atoms with E-state index >= 15 is 4.39 Å². The molecule has 0 fully saturated rings. The highest BCUT2D eigenvalue weighted by atomic mass is 19.1. The molecule has 0 aliphatic carbocycles. The highest BCUT2D eigenvalue weighted by molar-refractivity contribution is 5.79. The van der Waals surface area contributed by atoms with E-state index in [1.807, 2.05) is 19.9 Å². The van der Waals surface area contributed by atoms with Gasteiger partial charge >= 0.3 is 5.97 Å². The number of anilines is 1. The first-order valence-corrected chi connectivity index (χ1v) is 14.0. The van der Waals surface area contributed by atoms with Gasteiger partial charge < -0.3 is 14.7 Å². The zero-order chi connectivity index (χ0) is 28.7. The minimum Gasteiger partial charge on any atom is -0.490 e. The van der Waals surface area contributed by atoms with Gasteiger partial charge in [-0.3, -0.25) is 4.79 Å². The summed E-state index contributed by atoms with van der Waals surface area (Å²) >= 11 is 0. The van der Waals surface area contributed by atoms with Crippen molar-refractivity contribution in [3.05, 3.63) is 40.3 Å². The van der Waals surface area contributed by atoms with Gasteiger partial charge in [0.2, 0.25) is 0 Å². The van der Waals surface area contributed by atoms with Crippen molar-refractivity contribution in [3.8, 4) is 17.0 Å². The lowest BCUT2D eigenvalue weighted by atomic mass is 9.90. The molecule has 1 N–H and O–H groups in total. The molecule has 8 heteroatoms. The smallest absolute Gasteiger partial charge is 0.307 e. The molecule has 4 rings (SSSR count). The summed E-state index contributed by atoms with van der Waals surface area (Å²) in [7, 11) is 0. The second-order valence-electron chi connectivity index (χ2n) is 13.3. The van der Waals surface area contributed by atoms with Crippen molar-refractivity contribution in [2.45, 2.75) is 87.5 Å². The van der Waals surface area contributed by atoms with Crippen molar-refractivity contribution in [3.63, 3.8) is 0 Å². The first-order valence-electron chi connectivity index (χ1n) is 14.0. The molecule has 0 saturated carbocycles. The first-order chi connectivity index (χ1) is 18.1. The standard InChI is InChI=1S/C31H43FN4O3/c1-19-21-10-9-15-39-29(21)24(32)16-22(19)28-23(17-27(37)38)20(2)33-25-18-26(34-36(25)28)35(13-11-30(3,4)5)14-12-31(6,7)8/h16,18H,9-15,17H2,1-8H3,(H,37,38). The van der Waals surface area contributed by atoms with Crippen LogP contribution in [0.1, 0.15) is 83.2 Å². The lowest BCUT2D eigenvalue weighted by Crippen LogP contribution is -2.31. The Morgan fingerprint density at radius 3 is 2.33 bits per heavy atom. The summed E-state index contributed by atoms with van der Waals surface area (Å²) in [6.07, 6.45) is 3.27. The SMILES string of the molecule is Cc1nc2cc(N(CCC(C)(C)C)CCC(C)(C)C)nn2c(-c2cc(F)c3c(c2C)CCCO3)c1CC(=O)O. The van der Waals surface area contributed by atoms with E-state index in [0.717, 1.165) is 49.3 Å². The fourth-order valence-corrected chi connectivity index (χ4v) is 5.12. The molecule has 0 bridgehead atoms. The maximum atomic E-state index is 15.4. The molecule has 0 saturated heterocycles. The summed E-state index contributed by atoms with van der Waals surface area (Å²) in [5.41, 5.74) is 5.04. The third-order valence-corrected chi connectivity index (χ3v) is 7.50. The average Bonchev–Trinajstić information content (AvgIpc) is 3.23. The van der Waals surface area contributed by atoms with Crippen LogP contribution >= 0.6 is 0 Å². The van der Waals surface area contributed by atoms with E-state index in [9.17, 15) is 9.90 Å². The zero-order valence-electron chi connectivity index (χ0n) is 24.7. The molecule has 0 unspecified atom stereocenters. The van der Waals surface area contributed by atoms with Crippen molar-refractivity contribution in [2.24, 2.45) is 10.8 Å². The number of hydrogen-bond donors (Lipinski definition) is 1. The second-order valence-corrected chi connectivity index (χ2v) is 13.3. The highest BCUT2D eigenvalue weighted by Crippen LogP contribution is 2.39. The lowest BCUT2D eigenvalue weighted by Gasteiger charge is -2.29. The number of aromatic nitrogens is 3. The number of halogens is 1. The molecule has 7 nitrogen and oxygen atoms in total. The number of fused-ring (bicyclic) bond motifs is 2. The lowest BCUT2D eigenvalue weighted by molar-refractivity contribution is -0.136. The summed E-state index contributed by atoms with van der Waals surface area (Å²) in [5, 5.41) is 14.8. The Balaban J connectivity index is 1.92. The molecule has 3 aromatic rings. The number of hydrogen-bond acceptors (Lipinski definition) is 5. The zero-order valence-corrected chi connectivity index (χ0v) is 24.7. The highest BCUT2D eigenvalue weighted by Gasteiger charge is 2.27. The molecule has 1 aromatic carbocycles. The molecule has 212 valence electrons. The van der Waals surface area contributed by atoms with Gasteiger partial charge in [0.1, 0.15) is 0 Å². The van der Waals surface area contributed by atoms with Crippen molar-refractivity contribution < 1.29 is 19.0 Å². The molecule has 2 aromatic heterocycles. The Morgan fingerprint density at radius 1 is 1.10 bits per heavy atom. The number of aliphatic carboxylic acids is 1. The van der Waals surface area contributed by atoms with E-state index in [0.29, 0.717) is 46.9 Å². The molecule has 39 heavy (non-hydrogen) atoms. The van der Waals surface area contributed by atoms with Crippen LogP contribution in [0.5, 0.6) is 5.75 Å². The molecule has 0 radical (unpaired) electrons. The van der Waals surface area contributed by atoms with E-state index in [2.05, 4.69) is 46.4 Å². The molecule has 1 aliphatic heterocycles. The van der Waals surface area contributed by atoms with Crippen LogP contribution in [-0.2, 0) is 17.6 Å². The van der Waals surface area contributed by atoms with Gasteiger partial charge in [-0.1, -0.05) is 41.5 Å². The van der Waals surface area contributed by atoms with Crippen LogP contribution in [0.2, 0.25) is 0 Å². The summed E-state index contributed by atoms with van der Waals surface area (Å²) < 4.78 is 22.7. The molecular formula is C31H43FN4O3. The molecule has 1 aliphatic rings. The van der Waals surface area contributed by atoms with Crippen LogP contribution in [0.25, 0.3) is 16.9 Å². The second kappa shape index (κ2) is 10.8. The van der Waals surface area contributed by atoms with Crippen molar-refractivity contribution >= 4 is 17.4 Å². The van der Waals surface area contributed by atoms with Gasteiger partial charge in [-0.05, 0) is 62.0 Å². The van der Waals surface area contributed by atoms with Gasteiger partial charge in [0.15, 0.2) is 23.0 Å². The van der Waals surface area contributed by atoms with Crippen LogP contribution in [0.4, 0.5) is 10.2 Å². The van der Waals surface area contributed by atoms with Gasteiger partial charge in [0, 0.05) is 41.5 Å². The van der Waals surface area contributed by atoms with Crippen molar-refractivity contribution in [1.29, 1.82) is 0 Å². The Morgan fingerprint density at radius 2 is 1.74 bits per heavy atom. The van der Waals surface area contributed by atoms with Gasteiger partial charge in [-0.25, -0.2) is 13.9 Å². The number of benzene rings is 1. The Labute approximate surface area is 231 Å². The van der Waals surface area contributed by atoms with E-state index in [4.69, 9.17) is 14.8 Å². The minimum absolute atomic E-state index is 0.160. The Kier molecular flexibility index (Phi) is 7.97. The van der Waals surface area contributed by atoms with Gasteiger partial charge in [-0.15, -0.1) is 5.10 Å². The van der Waals surface area contributed by atoms with Gasteiger partial charge in [0.05, 0.1) is 18.7 Å². The third kappa shape index (κ3) is 6.53. The quantitative estimate of drug-likeness (QED) is 0.340. The largest absolute Gasteiger partial charge is 0.490 e. The fraction of sp³-hybridized carbons (Fsp3) is 0.581. The summed E-state index contributed by atoms with van der Waals surface area (Å²) in [4.78, 5) is 19.0. The van der Waals surface area contributed by atoms with Crippen LogP contribution in [0.15, 0.2) is 12.1 Å². The Hall–Kier alpha value is -3.16. The number of carboxylic acid groups (broad SMARTS) is 1. The molecular weight excluding hydrogens is 495 g/mol. The summed E-state index contributed by atoms with van der Waals surface area (Å²) in [5.74, 6) is -0.299. The number of aryl methyl sites for hydroxylation is 1. The van der Waals surface area contributed by atoms with Gasteiger partial charge in [0.25, 0.3) is 0 Å². The topological polar surface area (TPSA) is 80.0 Å². The third-order valence-electron chi connectivity index (χ3n) is 7.50. The first kappa shape index (κ1) is 28.8. The van der Waals surface area contributed by atoms with Crippen LogP contribution in [-0.4, -0.2) is 45.4 Å². The number of rotatable bonds is 8. The van der Waals surface area contributed by atoms with Crippen LogP contribution in [0.3, 0.4) is 0 Å². The number of ether oxygens (including phenoxy) is 1. The number of carboxylic acids is 1. The van der Waals surface area contributed by atoms with Gasteiger partial charge in [-0.2, -0.15) is 0 Å². The predicted molar refractivity (Wildman–Crippen MR) is 153 cm³/mol. The monoisotopic (exact) mass is 538 g/mol. The van der Waals surface area contributed by atoms with Crippen molar-refractivity contribution in [1.82, 2.24) is 14.6 Å². The van der Waals surface area contributed by atoms with Crippen LogP contribution in [0, 0.1) is 30.5 Å².